The number of para-hydroxylation sites is 1. The van der Waals surface area contributed by atoms with Crippen molar-refractivity contribution in [1.29, 1.82) is 0 Å². The van der Waals surface area contributed by atoms with Gasteiger partial charge in [-0.1, -0.05) is 17.3 Å². The van der Waals surface area contributed by atoms with Gasteiger partial charge in [0.15, 0.2) is 0 Å². The monoisotopic (exact) mass is 299 g/mol. The zero-order valence-electron chi connectivity index (χ0n) is 10.8. The smallest absolute Gasteiger partial charge is 0.349 e. The second kappa shape index (κ2) is 5.92. The van der Waals surface area contributed by atoms with Crippen LogP contribution in [-0.2, 0) is 17.5 Å². The van der Waals surface area contributed by atoms with Crippen molar-refractivity contribution in [3.05, 3.63) is 41.7 Å². The molecule has 1 aromatic carbocycles. The minimum Gasteiger partial charge on any atom is -0.349 e. The summed E-state index contributed by atoms with van der Waals surface area (Å²) in [7, 11) is 0. The van der Waals surface area contributed by atoms with E-state index in [0.717, 1.165) is 10.7 Å². The molecule has 0 aliphatic carbocycles. The fourth-order valence-electron chi connectivity index (χ4n) is 1.67. The first-order valence-electron chi connectivity index (χ1n) is 5.96. The van der Waals surface area contributed by atoms with E-state index in [1.165, 1.54) is 24.4 Å². The third-order valence-electron chi connectivity index (χ3n) is 2.65. The Morgan fingerprint density at radius 2 is 2.05 bits per heavy atom. The van der Waals surface area contributed by atoms with Crippen molar-refractivity contribution in [1.82, 2.24) is 20.3 Å². The number of amides is 1. The van der Waals surface area contributed by atoms with E-state index in [1.807, 2.05) is 0 Å². The number of hydrogen-bond acceptors (Lipinski definition) is 4. The van der Waals surface area contributed by atoms with Crippen molar-refractivity contribution in [3.63, 3.8) is 0 Å². The summed E-state index contributed by atoms with van der Waals surface area (Å²) in [6.45, 7) is -0.130. The molecule has 0 saturated heterocycles. The quantitative estimate of drug-likeness (QED) is 0.877. The predicted molar refractivity (Wildman–Crippen MR) is 67.3 cm³/mol. The Morgan fingerprint density at radius 1 is 1.33 bits per heavy atom. The molecule has 0 unspecified atom stereocenters. The van der Waals surface area contributed by atoms with Crippen molar-refractivity contribution < 1.29 is 18.0 Å². The van der Waals surface area contributed by atoms with Gasteiger partial charge in [0.2, 0.25) is 5.91 Å². The molecule has 9 heteroatoms. The lowest BCUT2D eigenvalue weighted by Crippen LogP contribution is -2.29. The van der Waals surface area contributed by atoms with Crippen LogP contribution in [0.25, 0.3) is 5.69 Å². The van der Waals surface area contributed by atoms with E-state index < -0.39 is 11.7 Å². The van der Waals surface area contributed by atoms with E-state index in [1.54, 1.807) is 0 Å². The summed E-state index contributed by atoms with van der Waals surface area (Å²) >= 11 is 0. The van der Waals surface area contributed by atoms with Gasteiger partial charge in [0.05, 0.1) is 30.5 Å². The number of halogens is 3. The van der Waals surface area contributed by atoms with Gasteiger partial charge in [-0.15, -0.1) is 5.10 Å². The summed E-state index contributed by atoms with van der Waals surface area (Å²) in [5.74, 6) is -0.389. The average Bonchev–Trinajstić information content (AvgIpc) is 2.92. The van der Waals surface area contributed by atoms with Crippen molar-refractivity contribution in [2.24, 2.45) is 5.73 Å². The van der Waals surface area contributed by atoms with Crippen LogP contribution < -0.4 is 11.1 Å². The molecule has 0 atom stereocenters. The minimum atomic E-state index is -4.49. The molecule has 0 fully saturated rings. The van der Waals surface area contributed by atoms with Gasteiger partial charge in [-0.25, -0.2) is 4.68 Å². The molecule has 2 rings (SSSR count). The van der Waals surface area contributed by atoms with E-state index >= 15 is 0 Å². The lowest BCUT2D eigenvalue weighted by Gasteiger charge is -2.11. The molecule has 0 saturated carbocycles. The number of carbonyl (C=O) groups excluding carboxylic acids is 1. The highest BCUT2D eigenvalue weighted by molar-refractivity contribution is 5.77. The van der Waals surface area contributed by atoms with E-state index in [-0.39, 0.29) is 24.7 Å². The molecule has 6 nitrogen and oxygen atoms in total. The molecular weight excluding hydrogens is 287 g/mol. The molecule has 0 aliphatic heterocycles. The Balaban J connectivity index is 2.24. The van der Waals surface area contributed by atoms with Gasteiger partial charge in [-0.2, -0.15) is 13.2 Å². The molecular formula is C12H12F3N5O. The Bertz CT molecular complexity index is 638. The van der Waals surface area contributed by atoms with Crippen LogP contribution in [0.1, 0.15) is 11.3 Å². The summed E-state index contributed by atoms with van der Waals surface area (Å²) < 4.78 is 39.7. The molecule has 112 valence electrons. The Hall–Kier alpha value is -2.42. The SMILES string of the molecule is NCC(=O)NCc1cn(-c2ccccc2C(F)(F)F)nn1. The molecule has 1 heterocycles. The summed E-state index contributed by atoms with van der Waals surface area (Å²) in [4.78, 5) is 11.0. The maximum absolute atomic E-state index is 12.9. The molecule has 0 radical (unpaired) electrons. The maximum atomic E-state index is 12.9. The second-order valence-corrected chi connectivity index (χ2v) is 4.15. The second-order valence-electron chi connectivity index (χ2n) is 4.15. The number of hydrogen-bond donors (Lipinski definition) is 2. The average molecular weight is 299 g/mol. The molecule has 3 N–H and O–H groups in total. The lowest BCUT2D eigenvalue weighted by molar-refractivity contribution is -0.137. The summed E-state index contributed by atoms with van der Waals surface area (Å²) in [6.07, 6.45) is -3.17. The number of benzene rings is 1. The van der Waals surface area contributed by atoms with Crippen LogP contribution in [0.3, 0.4) is 0 Å². The van der Waals surface area contributed by atoms with Gasteiger partial charge in [0.1, 0.15) is 5.69 Å². The Morgan fingerprint density at radius 3 is 2.71 bits per heavy atom. The Kier molecular flexibility index (Phi) is 4.22. The standard InChI is InChI=1S/C12H12F3N5O/c13-12(14,15)9-3-1-2-4-10(9)20-7-8(18-19-20)6-17-11(21)5-16/h1-4,7H,5-6,16H2,(H,17,21). The molecule has 0 aliphatic rings. The first-order chi connectivity index (χ1) is 9.91. The van der Waals surface area contributed by atoms with Crippen molar-refractivity contribution in [3.8, 4) is 5.69 Å². The predicted octanol–water partition coefficient (Wildman–Crippen LogP) is 0.861. The van der Waals surface area contributed by atoms with Crippen LogP contribution in [0.2, 0.25) is 0 Å². The van der Waals surface area contributed by atoms with E-state index in [4.69, 9.17) is 5.73 Å². The van der Waals surface area contributed by atoms with E-state index in [9.17, 15) is 18.0 Å². The normalized spacial score (nSPS) is 11.4. The molecule has 0 bridgehead atoms. The fourth-order valence-corrected chi connectivity index (χ4v) is 1.67. The highest BCUT2D eigenvalue weighted by atomic mass is 19.4. The van der Waals surface area contributed by atoms with Crippen LogP contribution in [-0.4, -0.2) is 27.4 Å². The molecule has 1 amide bonds. The zero-order valence-corrected chi connectivity index (χ0v) is 10.8. The number of aromatic nitrogens is 3. The molecule has 1 aromatic heterocycles. The zero-order chi connectivity index (χ0) is 15.5. The third-order valence-corrected chi connectivity index (χ3v) is 2.65. The summed E-state index contributed by atoms with van der Waals surface area (Å²) in [6, 6.07) is 5.03. The largest absolute Gasteiger partial charge is 0.418 e. The van der Waals surface area contributed by atoms with Gasteiger partial charge >= 0.3 is 6.18 Å². The summed E-state index contributed by atoms with van der Waals surface area (Å²) in [5, 5.41) is 9.82. The number of nitrogens with one attached hydrogen (secondary N) is 1. The van der Waals surface area contributed by atoms with Gasteiger partial charge in [0, 0.05) is 0 Å². The highest BCUT2D eigenvalue weighted by Gasteiger charge is 2.33. The van der Waals surface area contributed by atoms with Gasteiger partial charge in [-0.05, 0) is 12.1 Å². The van der Waals surface area contributed by atoms with Crippen LogP contribution >= 0.6 is 0 Å². The lowest BCUT2D eigenvalue weighted by atomic mass is 10.1. The fraction of sp³-hybridized carbons (Fsp3) is 0.250. The van der Waals surface area contributed by atoms with E-state index in [2.05, 4.69) is 15.6 Å². The maximum Gasteiger partial charge on any atom is 0.418 e. The highest BCUT2D eigenvalue weighted by Crippen LogP contribution is 2.33. The van der Waals surface area contributed by atoms with Crippen LogP contribution in [0.5, 0.6) is 0 Å². The number of alkyl halides is 3. The molecule has 2 aromatic rings. The van der Waals surface area contributed by atoms with E-state index in [0.29, 0.717) is 5.69 Å². The van der Waals surface area contributed by atoms with Crippen LogP contribution in [0.4, 0.5) is 13.2 Å². The molecule has 0 spiro atoms. The van der Waals surface area contributed by atoms with Crippen LogP contribution in [0, 0.1) is 0 Å². The first-order valence-corrected chi connectivity index (χ1v) is 5.96. The number of nitrogens with zero attached hydrogens (tertiary/aromatic N) is 3. The number of rotatable bonds is 4. The summed E-state index contributed by atoms with van der Waals surface area (Å²) in [5.41, 5.74) is 4.51. The van der Waals surface area contributed by atoms with Gasteiger partial charge in [0.25, 0.3) is 0 Å². The van der Waals surface area contributed by atoms with Crippen LogP contribution in [0.15, 0.2) is 30.5 Å². The topological polar surface area (TPSA) is 85.8 Å². The van der Waals surface area contributed by atoms with Gasteiger partial charge in [-0.3, -0.25) is 4.79 Å². The van der Waals surface area contributed by atoms with Gasteiger partial charge < -0.3 is 11.1 Å². The van der Waals surface area contributed by atoms with Crippen molar-refractivity contribution in [2.75, 3.05) is 6.54 Å². The Labute approximate surface area is 117 Å². The minimum absolute atomic E-state index is 0.0459. The number of nitrogens with two attached hydrogens (primary N) is 1. The number of carbonyl (C=O) groups is 1. The molecule has 21 heavy (non-hydrogen) atoms. The van der Waals surface area contributed by atoms with Crippen molar-refractivity contribution >= 4 is 5.91 Å². The first kappa shape index (κ1) is 15.0. The third kappa shape index (κ3) is 3.57. The van der Waals surface area contributed by atoms with Crippen molar-refractivity contribution in [2.45, 2.75) is 12.7 Å².